The maximum absolute atomic E-state index is 13.7. The maximum atomic E-state index is 13.7. The average molecular weight is 417 g/mol. The van der Waals surface area contributed by atoms with Crippen molar-refractivity contribution in [3.8, 4) is 0 Å². The van der Waals surface area contributed by atoms with Crippen molar-refractivity contribution in [2.75, 3.05) is 17.2 Å². The minimum atomic E-state index is -0.639. The number of carbonyl (C=O) groups is 1. The zero-order valence-electron chi connectivity index (χ0n) is 16.1. The SMILES string of the molecule is C[C@@H](CO)NC(=O)Cn1cc(Nc2nccc(NCc3c(F)cccc3F)n2)cn1. The monoisotopic (exact) mass is 417 g/mol. The molecule has 0 aliphatic rings. The summed E-state index contributed by atoms with van der Waals surface area (Å²) in [4.78, 5) is 20.2. The van der Waals surface area contributed by atoms with Crippen molar-refractivity contribution in [2.24, 2.45) is 0 Å². The highest BCUT2D eigenvalue weighted by molar-refractivity contribution is 5.76. The molecule has 4 N–H and O–H groups in total. The molecule has 0 unspecified atom stereocenters. The second-order valence-corrected chi connectivity index (χ2v) is 6.52. The zero-order chi connectivity index (χ0) is 21.5. The Morgan fingerprint density at radius 1 is 1.27 bits per heavy atom. The summed E-state index contributed by atoms with van der Waals surface area (Å²) in [6, 6.07) is 4.91. The van der Waals surface area contributed by atoms with Crippen LogP contribution < -0.4 is 16.0 Å². The van der Waals surface area contributed by atoms with Gasteiger partial charge in [-0.25, -0.2) is 13.8 Å². The Morgan fingerprint density at radius 3 is 2.77 bits per heavy atom. The number of hydrogen-bond donors (Lipinski definition) is 4. The first-order chi connectivity index (χ1) is 14.4. The van der Waals surface area contributed by atoms with Gasteiger partial charge in [-0.1, -0.05) is 6.07 Å². The molecule has 1 amide bonds. The van der Waals surface area contributed by atoms with Gasteiger partial charge >= 0.3 is 0 Å². The molecule has 0 spiro atoms. The quantitative estimate of drug-likeness (QED) is 0.419. The van der Waals surface area contributed by atoms with E-state index in [-0.39, 0.29) is 43.2 Å². The van der Waals surface area contributed by atoms with E-state index in [9.17, 15) is 13.6 Å². The van der Waals surface area contributed by atoms with Crippen LogP contribution in [-0.2, 0) is 17.9 Å². The van der Waals surface area contributed by atoms with Gasteiger partial charge in [0.05, 0.1) is 18.5 Å². The molecule has 2 heterocycles. The number of aliphatic hydroxyl groups is 1. The van der Waals surface area contributed by atoms with Crippen molar-refractivity contribution in [2.45, 2.75) is 26.1 Å². The summed E-state index contributed by atoms with van der Waals surface area (Å²) >= 11 is 0. The van der Waals surface area contributed by atoms with Crippen LogP contribution in [0.5, 0.6) is 0 Å². The van der Waals surface area contributed by atoms with E-state index < -0.39 is 11.6 Å². The maximum Gasteiger partial charge on any atom is 0.242 e. The molecule has 30 heavy (non-hydrogen) atoms. The van der Waals surface area contributed by atoms with Crippen LogP contribution in [0.2, 0.25) is 0 Å². The lowest BCUT2D eigenvalue weighted by Gasteiger charge is -2.10. The number of halogens is 2. The number of aliphatic hydroxyl groups excluding tert-OH is 1. The highest BCUT2D eigenvalue weighted by atomic mass is 19.1. The number of amides is 1. The molecule has 158 valence electrons. The van der Waals surface area contributed by atoms with Gasteiger partial charge in [0.1, 0.15) is 24.0 Å². The van der Waals surface area contributed by atoms with Crippen LogP contribution in [0.25, 0.3) is 0 Å². The summed E-state index contributed by atoms with van der Waals surface area (Å²) in [5.41, 5.74) is 0.469. The molecule has 3 rings (SSSR count). The van der Waals surface area contributed by atoms with Crippen LogP contribution in [0.3, 0.4) is 0 Å². The normalized spacial score (nSPS) is 11.7. The number of rotatable bonds is 9. The molecule has 0 aliphatic carbocycles. The lowest BCUT2D eigenvalue weighted by atomic mass is 10.2. The van der Waals surface area contributed by atoms with Gasteiger partial charge < -0.3 is 21.1 Å². The Labute approximate surface area is 171 Å². The highest BCUT2D eigenvalue weighted by Gasteiger charge is 2.10. The molecule has 9 nitrogen and oxygen atoms in total. The van der Waals surface area contributed by atoms with Crippen LogP contribution in [-0.4, -0.2) is 43.4 Å². The second kappa shape index (κ2) is 9.74. The van der Waals surface area contributed by atoms with Gasteiger partial charge in [0.2, 0.25) is 11.9 Å². The lowest BCUT2D eigenvalue weighted by Crippen LogP contribution is -2.37. The predicted octanol–water partition coefficient (Wildman–Crippen LogP) is 1.80. The van der Waals surface area contributed by atoms with Crippen molar-refractivity contribution in [3.05, 3.63) is 60.1 Å². The number of anilines is 3. The summed E-state index contributed by atoms with van der Waals surface area (Å²) in [7, 11) is 0. The van der Waals surface area contributed by atoms with Crippen LogP contribution >= 0.6 is 0 Å². The Balaban J connectivity index is 1.59. The van der Waals surface area contributed by atoms with E-state index in [1.54, 1.807) is 19.2 Å². The molecule has 1 aromatic carbocycles. The predicted molar refractivity (Wildman–Crippen MR) is 106 cm³/mol. The Kier molecular flexibility index (Phi) is 6.86. The molecule has 3 aromatic rings. The van der Waals surface area contributed by atoms with Gasteiger partial charge in [0, 0.05) is 30.5 Å². The third kappa shape index (κ3) is 5.70. The summed E-state index contributed by atoms with van der Waals surface area (Å²) in [6.07, 6.45) is 4.59. The van der Waals surface area contributed by atoms with Gasteiger partial charge in [-0.05, 0) is 25.1 Å². The van der Waals surface area contributed by atoms with E-state index >= 15 is 0 Å². The van der Waals surface area contributed by atoms with E-state index in [1.807, 2.05) is 0 Å². The summed E-state index contributed by atoms with van der Waals surface area (Å²) < 4.78 is 28.9. The Morgan fingerprint density at radius 2 is 2.03 bits per heavy atom. The summed E-state index contributed by atoms with van der Waals surface area (Å²) in [5, 5.41) is 21.5. The lowest BCUT2D eigenvalue weighted by molar-refractivity contribution is -0.122. The van der Waals surface area contributed by atoms with Crippen LogP contribution in [0, 0.1) is 11.6 Å². The standard InChI is InChI=1S/C19H21F2N7O2/c1-12(11-29)25-18(30)10-28-9-13(7-24-28)26-19-22-6-5-17(27-19)23-8-14-15(20)3-2-4-16(14)21/h2-7,9,12,29H,8,10-11H2,1H3,(H,25,30)(H2,22,23,26,27)/t12-/m0/s1. The molecular weight excluding hydrogens is 396 g/mol. The van der Waals surface area contributed by atoms with Crippen LogP contribution in [0.4, 0.5) is 26.2 Å². The van der Waals surface area contributed by atoms with E-state index in [0.717, 1.165) is 0 Å². The van der Waals surface area contributed by atoms with E-state index in [2.05, 4.69) is 31.0 Å². The fourth-order valence-electron chi connectivity index (χ4n) is 2.55. The Hall–Kier alpha value is -3.60. The molecule has 0 radical (unpaired) electrons. The number of benzene rings is 1. The van der Waals surface area contributed by atoms with E-state index in [1.165, 1.54) is 35.3 Å². The smallest absolute Gasteiger partial charge is 0.242 e. The molecule has 1 atom stereocenters. The molecule has 0 fully saturated rings. The van der Waals surface area contributed by atoms with Gasteiger partial charge in [-0.2, -0.15) is 10.1 Å². The topological polar surface area (TPSA) is 117 Å². The Bertz CT molecular complexity index is 992. The number of hydrogen-bond acceptors (Lipinski definition) is 7. The molecule has 0 saturated heterocycles. The first kappa shape index (κ1) is 21.1. The van der Waals surface area contributed by atoms with Crippen molar-refractivity contribution in [1.29, 1.82) is 0 Å². The van der Waals surface area contributed by atoms with E-state index in [4.69, 9.17) is 5.11 Å². The summed E-state index contributed by atoms with van der Waals surface area (Å²) in [6.45, 7) is 1.45. The van der Waals surface area contributed by atoms with Crippen molar-refractivity contribution in [1.82, 2.24) is 25.1 Å². The fraction of sp³-hybridized carbons (Fsp3) is 0.263. The molecule has 11 heteroatoms. The van der Waals surface area contributed by atoms with Gasteiger partial charge in [0.25, 0.3) is 0 Å². The highest BCUT2D eigenvalue weighted by Crippen LogP contribution is 2.16. The number of carbonyl (C=O) groups excluding carboxylic acids is 1. The third-order valence-electron chi connectivity index (χ3n) is 4.04. The average Bonchev–Trinajstić information content (AvgIpc) is 3.14. The van der Waals surface area contributed by atoms with Crippen LogP contribution in [0.15, 0.2) is 42.9 Å². The number of nitrogens with zero attached hydrogens (tertiary/aromatic N) is 4. The minimum Gasteiger partial charge on any atom is -0.394 e. The largest absolute Gasteiger partial charge is 0.394 e. The van der Waals surface area contributed by atoms with Gasteiger partial charge in [0.15, 0.2) is 0 Å². The van der Waals surface area contributed by atoms with Gasteiger partial charge in [-0.15, -0.1) is 0 Å². The number of nitrogens with one attached hydrogen (secondary N) is 3. The molecule has 2 aromatic heterocycles. The molecule has 0 saturated carbocycles. The molecule has 0 aliphatic heterocycles. The molecular formula is C19H21F2N7O2. The van der Waals surface area contributed by atoms with Gasteiger partial charge in [-0.3, -0.25) is 9.48 Å². The van der Waals surface area contributed by atoms with Crippen molar-refractivity contribution in [3.63, 3.8) is 0 Å². The van der Waals surface area contributed by atoms with Crippen LogP contribution in [0.1, 0.15) is 12.5 Å². The third-order valence-corrected chi connectivity index (χ3v) is 4.04. The zero-order valence-corrected chi connectivity index (χ0v) is 16.1. The van der Waals surface area contributed by atoms with E-state index in [0.29, 0.717) is 11.5 Å². The fourth-order valence-corrected chi connectivity index (χ4v) is 2.55. The minimum absolute atomic E-state index is 0.0112. The first-order valence-corrected chi connectivity index (χ1v) is 9.14. The van der Waals surface area contributed by atoms with Crippen molar-refractivity contribution >= 4 is 23.4 Å². The second-order valence-electron chi connectivity index (χ2n) is 6.52. The number of aromatic nitrogens is 4. The molecule has 0 bridgehead atoms. The first-order valence-electron chi connectivity index (χ1n) is 9.14. The van der Waals surface area contributed by atoms with Crippen molar-refractivity contribution < 1.29 is 18.7 Å². The summed E-state index contributed by atoms with van der Waals surface area (Å²) in [5.74, 6) is -0.944.